The molecule has 0 spiro atoms. The van der Waals surface area contributed by atoms with Gasteiger partial charge in [-0.25, -0.2) is 0 Å². The van der Waals surface area contributed by atoms with Gasteiger partial charge in [-0.1, -0.05) is 29.0 Å². The molecule has 1 aromatic heterocycles. The molecular formula is C18H18N2O2S. The fourth-order valence-electron chi connectivity index (χ4n) is 2.41. The standard InChI is InChI=1S/C18H18N2O2S/c1-4-22-14-8-9-15-16(11-14)23-18(20(15)3)19-17(21)13-7-5-6-12(2)10-13/h5-11H,4H2,1-3H3. The summed E-state index contributed by atoms with van der Waals surface area (Å²) < 4.78 is 8.51. The van der Waals surface area contributed by atoms with E-state index < -0.39 is 0 Å². The summed E-state index contributed by atoms with van der Waals surface area (Å²) in [6, 6.07) is 13.4. The molecule has 0 atom stereocenters. The largest absolute Gasteiger partial charge is 0.494 e. The van der Waals surface area contributed by atoms with Gasteiger partial charge in [-0.05, 0) is 44.2 Å². The number of carbonyl (C=O) groups is 1. The minimum atomic E-state index is -0.221. The quantitative estimate of drug-likeness (QED) is 0.737. The first-order valence-corrected chi connectivity index (χ1v) is 8.28. The van der Waals surface area contributed by atoms with E-state index in [9.17, 15) is 4.79 Å². The Balaban J connectivity index is 2.05. The van der Waals surface area contributed by atoms with Gasteiger partial charge < -0.3 is 9.30 Å². The van der Waals surface area contributed by atoms with Crippen molar-refractivity contribution >= 4 is 27.5 Å². The maximum absolute atomic E-state index is 12.4. The number of aryl methyl sites for hydroxylation is 2. The fraction of sp³-hybridized carbons (Fsp3) is 0.222. The number of hydrogen-bond acceptors (Lipinski definition) is 3. The molecule has 0 saturated carbocycles. The third-order valence-corrected chi connectivity index (χ3v) is 4.65. The van der Waals surface area contributed by atoms with Crippen molar-refractivity contribution in [3.05, 3.63) is 58.4 Å². The Labute approximate surface area is 138 Å². The van der Waals surface area contributed by atoms with E-state index in [2.05, 4.69) is 4.99 Å². The molecule has 2 aromatic carbocycles. The molecule has 0 radical (unpaired) electrons. The van der Waals surface area contributed by atoms with Crippen LogP contribution in [0, 0.1) is 6.92 Å². The van der Waals surface area contributed by atoms with Crippen molar-refractivity contribution in [1.29, 1.82) is 0 Å². The summed E-state index contributed by atoms with van der Waals surface area (Å²) >= 11 is 1.49. The van der Waals surface area contributed by atoms with Crippen molar-refractivity contribution in [1.82, 2.24) is 4.57 Å². The number of ether oxygens (including phenoxy) is 1. The number of rotatable bonds is 3. The topological polar surface area (TPSA) is 43.6 Å². The van der Waals surface area contributed by atoms with E-state index in [1.807, 2.05) is 61.9 Å². The molecule has 23 heavy (non-hydrogen) atoms. The van der Waals surface area contributed by atoms with Crippen molar-refractivity contribution in [2.24, 2.45) is 12.0 Å². The average molecular weight is 326 g/mol. The van der Waals surface area contributed by atoms with Gasteiger partial charge in [0.2, 0.25) is 0 Å². The molecule has 0 aliphatic rings. The lowest BCUT2D eigenvalue weighted by molar-refractivity contribution is 0.0998. The van der Waals surface area contributed by atoms with Crippen molar-refractivity contribution in [3.63, 3.8) is 0 Å². The van der Waals surface area contributed by atoms with E-state index in [1.54, 1.807) is 6.07 Å². The maximum atomic E-state index is 12.4. The zero-order valence-electron chi connectivity index (χ0n) is 13.4. The Morgan fingerprint density at radius 2 is 2.09 bits per heavy atom. The number of thiazole rings is 1. The maximum Gasteiger partial charge on any atom is 0.279 e. The van der Waals surface area contributed by atoms with Crippen LogP contribution in [-0.4, -0.2) is 17.1 Å². The van der Waals surface area contributed by atoms with Crippen LogP contribution in [0.5, 0.6) is 5.75 Å². The molecule has 3 rings (SSSR count). The zero-order valence-corrected chi connectivity index (χ0v) is 14.2. The van der Waals surface area contributed by atoms with Crippen LogP contribution in [-0.2, 0) is 7.05 Å². The average Bonchev–Trinajstić information content (AvgIpc) is 2.83. The van der Waals surface area contributed by atoms with Crippen LogP contribution in [0.25, 0.3) is 10.2 Å². The summed E-state index contributed by atoms with van der Waals surface area (Å²) in [5, 5.41) is 0. The van der Waals surface area contributed by atoms with Crippen LogP contribution in [0.3, 0.4) is 0 Å². The summed E-state index contributed by atoms with van der Waals surface area (Å²) in [5.41, 5.74) is 2.69. The van der Waals surface area contributed by atoms with Gasteiger partial charge in [-0.2, -0.15) is 4.99 Å². The number of aromatic nitrogens is 1. The molecule has 0 aliphatic carbocycles. The molecule has 0 saturated heterocycles. The van der Waals surface area contributed by atoms with E-state index in [4.69, 9.17) is 4.74 Å². The molecule has 3 aromatic rings. The van der Waals surface area contributed by atoms with Gasteiger partial charge in [0.1, 0.15) is 5.75 Å². The Hall–Kier alpha value is -2.40. The lowest BCUT2D eigenvalue weighted by atomic mass is 10.1. The van der Waals surface area contributed by atoms with Crippen LogP contribution >= 0.6 is 11.3 Å². The van der Waals surface area contributed by atoms with E-state index in [1.165, 1.54) is 11.3 Å². The van der Waals surface area contributed by atoms with Crippen molar-refractivity contribution in [2.75, 3.05) is 6.61 Å². The van der Waals surface area contributed by atoms with Crippen molar-refractivity contribution in [3.8, 4) is 5.75 Å². The van der Waals surface area contributed by atoms with Gasteiger partial charge in [-0.15, -0.1) is 0 Å². The number of carbonyl (C=O) groups excluding carboxylic acids is 1. The summed E-state index contributed by atoms with van der Waals surface area (Å²) in [7, 11) is 1.92. The van der Waals surface area contributed by atoms with E-state index >= 15 is 0 Å². The Bertz CT molecular complexity index is 938. The summed E-state index contributed by atoms with van der Waals surface area (Å²) in [6.45, 7) is 4.55. The van der Waals surface area contributed by atoms with E-state index in [0.29, 0.717) is 17.0 Å². The van der Waals surface area contributed by atoms with Gasteiger partial charge in [-0.3, -0.25) is 4.79 Å². The molecule has 0 N–H and O–H groups in total. The van der Waals surface area contributed by atoms with Crippen LogP contribution < -0.4 is 9.54 Å². The second-order valence-electron chi connectivity index (χ2n) is 5.29. The molecule has 4 nitrogen and oxygen atoms in total. The third kappa shape index (κ3) is 3.19. The molecule has 118 valence electrons. The van der Waals surface area contributed by atoms with Crippen molar-refractivity contribution < 1.29 is 9.53 Å². The predicted molar refractivity (Wildman–Crippen MR) is 93.0 cm³/mol. The molecule has 0 aliphatic heterocycles. The number of benzene rings is 2. The monoisotopic (exact) mass is 326 g/mol. The first-order chi connectivity index (χ1) is 11.1. The second kappa shape index (κ2) is 6.38. The predicted octanol–water partition coefficient (Wildman–Crippen LogP) is 3.69. The first-order valence-electron chi connectivity index (χ1n) is 7.46. The van der Waals surface area contributed by atoms with E-state index in [-0.39, 0.29) is 5.91 Å². The van der Waals surface area contributed by atoms with Gasteiger partial charge in [0.05, 0.1) is 16.8 Å². The number of fused-ring (bicyclic) bond motifs is 1. The Morgan fingerprint density at radius 3 is 2.83 bits per heavy atom. The molecule has 0 fully saturated rings. The van der Waals surface area contributed by atoms with Gasteiger partial charge in [0, 0.05) is 12.6 Å². The molecule has 1 amide bonds. The van der Waals surface area contributed by atoms with Crippen LogP contribution in [0.15, 0.2) is 47.5 Å². The van der Waals surface area contributed by atoms with Gasteiger partial charge >= 0.3 is 0 Å². The lowest BCUT2D eigenvalue weighted by Gasteiger charge is -2.02. The Kier molecular flexibility index (Phi) is 4.30. The smallest absolute Gasteiger partial charge is 0.279 e. The number of hydrogen-bond donors (Lipinski definition) is 0. The van der Waals surface area contributed by atoms with Gasteiger partial charge in [0.25, 0.3) is 5.91 Å². The fourth-order valence-corrected chi connectivity index (χ4v) is 3.45. The highest BCUT2D eigenvalue weighted by Gasteiger charge is 2.08. The van der Waals surface area contributed by atoms with Gasteiger partial charge in [0.15, 0.2) is 4.80 Å². The highest BCUT2D eigenvalue weighted by molar-refractivity contribution is 7.16. The molecular weight excluding hydrogens is 308 g/mol. The normalized spacial score (nSPS) is 11.9. The molecule has 0 bridgehead atoms. The highest BCUT2D eigenvalue weighted by Crippen LogP contribution is 2.22. The second-order valence-corrected chi connectivity index (χ2v) is 6.30. The SMILES string of the molecule is CCOc1ccc2c(c1)sc(=NC(=O)c1cccc(C)c1)n2C. The number of nitrogens with zero attached hydrogens (tertiary/aromatic N) is 2. The molecule has 0 unspecified atom stereocenters. The minimum absolute atomic E-state index is 0.221. The highest BCUT2D eigenvalue weighted by atomic mass is 32.1. The summed E-state index contributed by atoms with van der Waals surface area (Å²) in [4.78, 5) is 17.3. The molecule has 1 heterocycles. The lowest BCUT2D eigenvalue weighted by Crippen LogP contribution is -2.13. The third-order valence-electron chi connectivity index (χ3n) is 3.55. The van der Waals surface area contributed by atoms with Crippen molar-refractivity contribution in [2.45, 2.75) is 13.8 Å². The molecule has 5 heteroatoms. The Morgan fingerprint density at radius 1 is 1.26 bits per heavy atom. The minimum Gasteiger partial charge on any atom is -0.494 e. The van der Waals surface area contributed by atoms with Crippen LogP contribution in [0.1, 0.15) is 22.8 Å². The summed E-state index contributed by atoms with van der Waals surface area (Å²) in [6.07, 6.45) is 0. The van der Waals surface area contributed by atoms with Crippen LogP contribution in [0.2, 0.25) is 0 Å². The van der Waals surface area contributed by atoms with E-state index in [0.717, 1.165) is 21.5 Å². The first kappa shape index (κ1) is 15.5. The summed E-state index contributed by atoms with van der Waals surface area (Å²) in [5.74, 6) is 0.610. The van der Waals surface area contributed by atoms with Crippen LogP contribution in [0.4, 0.5) is 0 Å². The zero-order chi connectivity index (χ0) is 16.4. The number of amides is 1.